The number of aliphatic hydroxyl groups excluding tert-OH is 1. The minimum Gasteiger partial charge on any atom is -0.469 e. The van der Waals surface area contributed by atoms with Crippen LogP contribution in [0.3, 0.4) is 0 Å². The predicted octanol–water partition coefficient (Wildman–Crippen LogP) is 2.45. The predicted molar refractivity (Wildman–Crippen MR) is 73.7 cm³/mol. The van der Waals surface area contributed by atoms with Crippen molar-refractivity contribution in [2.45, 2.75) is 64.3 Å². The maximum absolute atomic E-state index is 11.3. The Morgan fingerprint density at radius 1 is 1.63 bits per heavy atom. The number of aliphatic hydroxyl groups is 1. The lowest BCUT2D eigenvalue weighted by Crippen LogP contribution is -2.21. The van der Waals surface area contributed by atoms with Gasteiger partial charge in [0.25, 0.3) is 0 Å². The number of carbonyl (C=O) groups is 1. The average molecular weight is 270 g/mol. The quantitative estimate of drug-likeness (QED) is 0.570. The minimum atomic E-state index is -0.494. The highest BCUT2D eigenvalue weighted by Crippen LogP contribution is 2.29. The molecule has 0 unspecified atom stereocenters. The molecule has 1 rings (SSSR count). The minimum absolute atomic E-state index is 0.0630. The smallest absolute Gasteiger partial charge is 0.308 e. The third-order valence-corrected chi connectivity index (χ3v) is 3.75. The van der Waals surface area contributed by atoms with E-state index in [9.17, 15) is 9.90 Å². The fourth-order valence-electron chi connectivity index (χ4n) is 2.48. The number of ether oxygens (including phenoxy) is 2. The Morgan fingerprint density at radius 2 is 2.32 bits per heavy atom. The largest absolute Gasteiger partial charge is 0.469 e. The summed E-state index contributed by atoms with van der Waals surface area (Å²) in [4.78, 5) is 11.3. The molecule has 1 N–H and O–H groups in total. The van der Waals surface area contributed by atoms with Gasteiger partial charge in [-0.2, -0.15) is 0 Å². The number of esters is 1. The molecular formula is C15H26O4. The first-order chi connectivity index (χ1) is 8.97. The Labute approximate surface area is 115 Å². The molecule has 0 radical (unpaired) electrons. The number of carbonyl (C=O) groups excluding carboxylic acids is 1. The summed E-state index contributed by atoms with van der Waals surface area (Å²) >= 11 is 0. The molecule has 1 saturated heterocycles. The lowest BCUT2D eigenvalue weighted by atomic mass is 9.97. The molecule has 1 fully saturated rings. The van der Waals surface area contributed by atoms with Crippen LogP contribution in [-0.2, 0) is 14.3 Å². The molecule has 0 spiro atoms. The van der Waals surface area contributed by atoms with Gasteiger partial charge in [-0.3, -0.25) is 4.79 Å². The zero-order valence-electron chi connectivity index (χ0n) is 12.2. The molecule has 1 aliphatic heterocycles. The van der Waals surface area contributed by atoms with E-state index in [0.29, 0.717) is 12.8 Å². The third-order valence-electron chi connectivity index (χ3n) is 3.75. The molecule has 4 nitrogen and oxygen atoms in total. The van der Waals surface area contributed by atoms with Crippen molar-refractivity contribution < 1.29 is 19.4 Å². The first-order valence-corrected chi connectivity index (χ1v) is 7.06. The van der Waals surface area contributed by atoms with Crippen molar-refractivity contribution in [1.82, 2.24) is 0 Å². The molecule has 19 heavy (non-hydrogen) atoms. The third kappa shape index (κ3) is 4.96. The van der Waals surface area contributed by atoms with E-state index in [1.54, 1.807) is 6.92 Å². The van der Waals surface area contributed by atoms with Crippen molar-refractivity contribution in [3.05, 3.63) is 12.2 Å². The highest BCUT2D eigenvalue weighted by molar-refractivity contribution is 5.71. The summed E-state index contributed by atoms with van der Waals surface area (Å²) in [5, 5.41) is 9.94. The first kappa shape index (κ1) is 16.2. The number of hydrogen-bond acceptors (Lipinski definition) is 4. The lowest BCUT2D eigenvalue weighted by Gasteiger charge is -2.17. The van der Waals surface area contributed by atoms with E-state index in [1.807, 2.05) is 0 Å². The zero-order valence-corrected chi connectivity index (χ0v) is 12.2. The van der Waals surface area contributed by atoms with Crippen LogP contribution in [0.1, 0.15) is 46.0 Å². The Kier molecular flexibility index (Phi) is 6.52. The van der Waals surface area contributed by atoms with Crippen LogP contribution in [0, 0.1) is 5.92 Å². The van der Waals surface area contributed by atoms with E-state index < -0.39 is 6.10 Å². The Balaban J connectivity index is 2.28. The van der Waals surface area contributed by atoms with E-state index in [0.717, 1.165) is 24.8 Å². The maximum Gasteiger partial charge on any atom is 0.308 e. The van der Waals surface area contributed by atoms with E-state index in [1.165, 1.54) is 7.11 Å². The zero-order chi connectivity index (χ0) is 14.4. The fourth-order valence-corrected chi connectivity index (χ4v) is 2.48. The normalized spacial score (nSPS) is 26.2. The SMILES string of the molecule is C=C1C[C@H](CC)O[C@H]1CC[C@@H](O)C[C@@H](C)C(=O)OC. The molecule has 4 atom stereocenters. The molecule has 1 aliphatic rings. The summed E-state index contributed by atoms with van der Waals surface area (Å²) in [7, 11) is 1.37. The van der Waals surface area contributed by atoms with Gasteiger partial charge in [0.1, 0.15) is 0 Å². The van der Waals surface area contributed by atoms with Gasteiger partial charge < -0.3 is 14.6 Å². The summed E-state index contributed by atoms with van der Waals surface area (Å²) in [5.74, 6) is -0.539. The molecule has 0 aromatic rings. The molecule has 0 aromatic carbocycles. The highest BCUT2D eigenvalue weighted by Gasteiger charge is 2.28. The van der Waals surface area contributed by atoms with Gasteiger partial charge in [0, 0.05) is 0 Å². The van der Waals surface area contributed by atoms with E-state index in [4.69, 9.17) is 4.74 Å². The van der Waals surface area contributed by atoms with Crippen molar-refractivity contribution in [3.63, 3.8) is 0 Å². The van der Waals surface area contributed by atoms with Crippen LogP contribution in [0.15, 0.2) is 12.2 Å². The summed E-state index contributed by atoms with van der Waals surface area (Å²) < 4.78 is 10.5. The Bertz CT molecular complexity index is 313. The molecule has 110 valence electrons. The lowest BCUT2D eigenvalue weighted by molar-refractivity contribution is -0.145. The summed E-state index contributed by atoms with van der Waals surface area (Å²) in [6, 6.07) is 0. The number of rotatable bonds is 7. The van der Waals surface area contributed by atoms with Crippen molar-refractivity contribution in [2.75, 3.05) is 7.11 Å². The second-order valence-corrected chi connectivity index (χ2v) is 5.41. The number of hydrogen-bond donors (Lipinski definition) is 1. The molecule has 0 saturated carbocycles. The Hall–Kier alpha value is -0.870. The summed E-state index contributed by atoms with van der Waals surface area (Å²) in [6.07, 6.45) is 3.60. The average Bonchev–Trinajstić information content (AvgIpc) is 2.76. The van der Waals surface area contributed by atoms with E-state index in [2.05, 4.69) is 18.2 Å². The number of methoxy groups -OCH3 is 1. The van der Waals surface area contributed by atoms with Crippen LogP contribution in [0.25, 0.3) is 0 Å². The highest BCUT2D eigenvalue weighted by atomic mass is 16.5. The first-order valence-electron chi connectivity index (χ1n) is 7.06. The molecule has 0 amide bonds. The van der Waals surface area contributed by atoms with Crippen LogP contribution in [0.4, 0.5) is 0 Å². The Morgan fingerprint density at radius 3 is 2.84 bits per heavy atom. The maximum atomic E-state index is 11.3. The monoisotopic (exact) mass is 270 g/mol. The standard InChI is InChI=1S/C15H26O4/c1-5-13-9-10(2)14(19-13)7-6-12(16)8-11(3)15(17)18-4/h11-14,16H,2,5-9H2,1,3-4H3/t11-,12-,13+,14+/m1/s1. The van der Waals surface area contributed by atoms with Crippen molar-refractivity contribution in [3.8, 4) is 0 Å². The molecule has 4 heteroatoms. The van der Waals surface area contributed by atoms with Crippen molar-refractivity contribution >= 4 is 5.97 Å². The van der Waals surface area contributed by atoms with Crippen LogP contribution in [0.5, 0.6) is 0 Å². The summed E-state index contributed by atoms with van der Waals surface area (Å²) in [6.45, 7) is 7.91. The van der Waals surface area contributed by atoms with Crippen LogP contribution in [0.2, 0.25) is 0 Å². The molecule has 0 aliphatic carbocycles. The summed E-state index contributed by atoms with van der Waals surface area (Å²) in [5.41, 5.74) is 1.13. The van der Waals surface area contributed by atoms with Gasteiger partial charge >= 0.3 is 5.97 Å². The van der Waals surface area contributed by atoms with Crippen LogP contribution < -0.4 is 0 Å². The molecule has 0 aromatic heterocycles. The van der Waals surface area contributed by atoms with Gasteiger partial charge in [-0.1, -0.05) is 20.4 Å². The van der Waals surface area contributed by atoms with E-state index >= 15 is 0 Å². The van der Waals surface area contributed by atoms with Crippen molar-refractivity contribution in [2.24, 2.45) is 5.92 Å². The van der Waals surface area contributed by atoms with Gasteiger partial charge in [-0.25, -0.2) is 0 Å². The second kappa shape index (κ2) is 7.65. The van der Waals surface area contributed by atoms with Gasteiger partial charge in [-0.05, 0) is 37.7 Å². The second-order valence-electron chi connectivity index (χ2n) is 5.41. The van der Waals surface area contributed by atoms with Crippen LogP contribution >= 0.6 is 0 Å². The van der Waals surface area contributed by atoms with Gasteiger partial charge in [0.15, 0.2) is 0 Å². The van der Waals surface area contributed by atoms with Gasteiger partial charge in [0.2, 0.25) is 0 Å². The van der Waals surface area contributed by atoms with Crippen LogP contribution in [-0.4, -0.2) is 36.5 Å². The topological polar surface area (TPSA) is 55.8 Å². The van der Waals surface area contributed by atoms with Gasteiger partial charge in [-0.15, -0.1) is 0 Å². The molecule has 0 bridgehead atoms. The molecule has 1 heterocycles. The van der Waals surface area contributed by atoms with E-state index in [-0.39, 0.29) is 24.1 Å². The van der Waals surface area contributed by atoms with Crippen molar-refractivity contribution in [1.29, 1.82) is 0 Å². The van der Waals surface area contributed by atoms with Gasteiger partial charge in [0.05, 0.1) is 31.3 Å². The molecular weight excluding hydrogens is 244 g/mol. The fraction of sp³-hybridized carbons (Fsp3) is 0.800.